The smallest absolute Gasteiger partial charge is 0.222 e. The molecule has 0 amide bonds. The van der Waals surface area contributed by atoms with Gasteiger partial charge in [0.05, 0.1) is 5.69 Å². The fourth-order valence-corrected chi connectivity index (χ4v) is 1.93. The van der Waals surface area contributed by atoms with E-state index in [0.717, 1.165) is 22.9 Å². The van der Waals surface area contributed by atoms with E-state index in [2.05, 4.69) is 27.3 Å². The van der Waals surface area contributed by atoms with Crippen LogP contribution in [0.4, 0.5) is 11.8 Å². The second-order valence-corrected chi connectivity index (χ2v) is 4.38. The molecule has 2 aromatic heterocycles. The van der Waals surface area contributed by atoms with Crippen LogP contribution in [0.5, 0.6) is 0 Å². The zero-order chi connectivity index (χ0) is 13.3. The number of nitrogens with one attached hydrogen (secondary N) is 1. The van der Waals surface area contributed by atoms with E-state index in [1.807, 2.05) is 31.6 Å². The van der Waals surface area contributed by atoms with Crippen molar-refractivity contribution in [3.05, 3.63) is 28.7 Å². The number of anilines is 2. The highest BCUT2D eigenvalue weighted by Crippen LogP contribution is 2.14. The van der Waals surface area contributed by atoms with Crippen molar-refractivity contribution in [3.8, 4) is 0 Å². The molecule has 3 N–H and O–H groups in total. The third kappa shape index (κ3) is 2.42. The molecule has 6 heteroatoms. The van der Waals surface area contributed by atoms with Crippen LogP contribution in [-0.2, 0) is 13.6 Å². The van der Waals surface area contributed by atoms with Gasteiger partial charge < -0.3 is 11.1 Å². The van der Waals surface area contributed by atoms with Crippen molar-refractivity contribution in [1.29, 1.82) is 0 Å². The van der Waals surface area contributed by atoms with Gasteiger partial charge in [-0.25, -0.2) is 4.98 Å². The van der Waals surface area contributed by atoms with Gasteiger partial charge in [0, 0.05) is 36.6 Å². The summed E-state index contributed by atoms with van der Waals surface area (Å²) in [6.07, 6.45) is 0. The second kappa shape index (κ2) is 4.64. The van der Waals surface area contributed by atoms with Gasteiger partial charge in [0.25, 0.3) is 0 Å². The van der Waals surface area contributed by atoms with Gasteiger partial charge in [-0.1, -0.05) is 0 Å². The second-order valence-electron chi connectivity index (χ2n) is 4.38. The Morgan fingerprint density at radius 2 is 2.00 bits per heavy atom. The Morgan fingerprint density at radius 3 is 2.56 bits per heavy atom. The van der Waals surface area contributed by atoms with E-state index in [1.54, 1.807) is 0 Å². The van der Waals surface area contributed by atoms with Crippen molar-refractivity contribution in [2.75, 3.05) is 11.1 Å². The third-order valence-electron chi connectivity index (χ3n) is 2.98. The maximum absolute atomic E-state index is 5.61. The van der Waals surface area contributed by atoms with Crippen LogP contribution in [0.3, 0.4) is 0 Å². The monoisotopic (exact) mass is 246 g/mol. The summed E-state index contributed by atoms with van der Waals surface area (Å²) >= 11 is 0. The highest BCUT2D eigenvalue weighted by molar-refractivity contribution is 5.41. The molecule has 0 aromatic carbocycles. The molecule has 0 radical (unpaired) electrons. The van der Waals surface area contributed by atoms with E-state index in [1.165, 1.54) is 5.56 Å². The lowest BCUT2D eigenvalue weighted by atomic mass is 10.2. The third-order valence-corrected chi connectivity index (χ3v) is 2.98. The first-order valence-corrected chi connectivity index (χ1v) is 5.81. The average molecular weight is 246 g/mol. The Hall–Kier alpha value is -2.11. The Morgan fingerprint density at radius 1 is 1.28 bits per heavy atom. The molecule has 0 aliphatic rings. The summed E-state index contributed by atoms with van der Waals surface area (Å²) in [5.74, 6) is 1.03. The summed E-state index contributed by atoms with van der Waals surface area (Å²) < 4.78 is 1.88. The summed E-state index contributed by atoms with van der Waals surface area (Å²) in [4.78, 5) is 8.18. The Balaban J connectivity index is 2.16. The fraction of sp³-hybridized carbons (Fsp3) is 0.417. The molecule has 0 saturated heterocycles. The molecule has 0 unspecified atom stereocenters. The first-order valence-electron chi connectivity index (χ1n) is 5.81. The molecule has 6 nitrogen and oxygen atoms in total. The molecule has 0 atom stereocenters. The Kier molecular flexibility index (Phi) is 3.18. The van der Waals surface area contributed by atoms with Crippen molar-refractivity contribution in [3.63, 3.8) is 0 Å². The van der Waals surface area contributed by atoms with Gasteiger partial charge in [0.15, 0.2) is 0 Å². The predicted octanol–water partition coefficient (Wildman–Crippen LogP) is 1.33. The van der Waals surface area contributed by atoms with Crippen LogP contribution < -0.4 is 11.1 Å². The number of nitrogens with two attached hydrogens (primary N) is 1. The number of hydrogen-bond acceptors (Lipinski definition) is 5. The van der Waals surface area contributed by atoms with Crippen molar-refractivity contribution < 1.29 is 0 Å². The Labute approximate surface area is 106 Å². The van der Waals surface area contributed by atoms with Gasteiger partial charge in [-0.2, -0.15) is 10.1 Å². The normalized spacial score (nSPS) is 10.7. The molecular weight excluding hydrogens is 228 g/mol. The largest absolute Gasteiger partial charge is 0.368 e. The first-order chi connectivity index (χ1) is 8.47. The van der Waals surface area contributed by atoms with Crippen LogP contribution in [0.2, 0.25) is 0 Å². The van der Waals surface area contributed by atoms with E-state index in [4.69, 9.17) is 5.73 Å². The molecule has 2 rings (SSSR count). The molecule has 2 heterocycles. The summed E-state index contributed by atoms with van der Waals surface area (Å²) in [6, 6.07) is 1.87. The Bertz CT molecular complexity index is 552. The van der Waals surface area contributed by atoms with E-state index in [-0.39, 0.29) is 5.95 Å². The first kappa shape index (κ1) is 12.3. The van der Waals surface area contributed by atoms with Gasteiger partial charge in [0.2, 0.25) is 5.95 Å². The molecule has 0 bridgehead atoms. The van der Waals surface area contributed by atoms with Crippen molar-refractivity contribution in [2.24, 2.45) is 7.05 Å². The average Bonchev–Trinajstić information content (AvgIpc) is 2.50. The molecule has 96 valence electrons. The lowest BCUT2D eigenvalue weighted by Gasteiger charge is -2.07. The van der Waals surface area contributed by atoms with Crippen LogP contribution in [0.1, 0.15) is 22.6 Å². The quantitative estimate of drug-likeness (QED) is 0.853. The number of nitrogens with zero attached hydrogens (tertiary/aromatic N) is 4. The summed E-state index contributed by atoms with van der Waals surface area (Å²) in [5.41, 5.74) is 9.83. The zero-order valence-electron chi connectivity index (χ0n) is 11.2. The number of hydrogen-bond donors (Lipinski definition) is 2. The predicted molar refractivity (Wildman–Crippen MR) is 71.2 cm³/mol. The highest BCUT2D eigenvalue weighted by atomic mass is 15.3. The van der Waals surface area contributed by atoms with E-state index in [0.29, 0.717) is 6.54 Å². The minimum atomic E-state index is 0.289. The number of rotatable bonds is 3. The molecule has 0 spiro atoms. The molecule has 2 aromatic rings. The number of nitrogen functional groups attached to an aromatic ring is 1. The summed E-state index contributed by atoms with van der Waals surface area (Å²) in [6.45, 7) is 6.63. The van der Waals surface area contributed by atoms with Gasteiger partial charge in [0.1, 0.15) is 5.82 Å². The highest BCUT2D eigenvalue weighted by Gasteiger charge is 2.09. The SMILES string of the molecule is Cc1cc(NCc2c(C)nn(C)c2C)nc(N)n1. The van der Waals surface area contributed by atoms with Crippen LogP contribution in [0.25, 0.3) is 0 Å². The standard InChI is InChI=1S/C12H18N6/c1-7-5-11(16-12(13)15-7)14-6-10-8(2)17-18(4)9(10)3/h5H,6H2,1-4H3,(H3,13,14,15,16). The summed E-state index contributed by atoms with van der Waals surface area (Å²) in [5, 5.41) is 7.63. The minimum absolute atomic E-state index is 0.289. The molecular formula is C12H18N6. The topological polar surface area (TPSA) is 81.7 Å². The van der Waals surface area contributed by atoms with Crippen LogP contribution >= 0.6 is 0 Å². The van der Waals surface area contributed by atoms with Crippen molar-refractivity contribution in [1.82, 2.24) is 19.7 Å². The maximum atomic E-state index is 5.61. The van der Waals surface area contributed by atoms with Gasteiger partial charge >= 0.3 is 0 Å². The van der Waals surface area contributed by atoms with Crippen LogP contribution in [0.15, 0.2) is 6.07 Å². The lowest BCUT2D eigenvalue weighted by molar-refractivity contribution is 0.730. The maximum Gasteiger partial charge on any atom is 0.222 e. The van der Waals surface area contributed by atoms with Crippen LogP contribution in [-0.4, -0.2) is 19.7 Å². The molecule has 0 aliphatic carbocycles. The van der Waals surface area contributed by atoms with Crippen molar-refractivity contribution in [2.45, 2.75) is 27.3 Å². The zero-order valence-corrected chi connectivity index (χ0v) is 11.2. The molecule has 0 saturated carbocycles. The van der Waals surface area contributed by atoms with E-state index >= 15 is 0 Å². The molecule has 0 fully saturated rings. The van der Waals surface area contributed by atoms with Gasteiger partial charge in [-0.15, -0.1) is 0 Å². The van der Waals surface area contributed by atoms with E-state index in [9.17, 15) is 0 Å². The van der Waals surface area contributed by atoms with Gasteiger partial charge in [-0.3, -0.25) is 4.68 Å². The lowest BCUT2D eigenvalue weighted by Crippen LogP contribution is -2.06. The minimum Gasteiger partial charge on any atom is -0.368 e. The van der Waals surface area contributed by atoms with Gasteiger partial charge in [-0.05, 0) is 20.8 Å². The summed E-state index contributed by atoms with van der Waals surface area (Å²) in [7, 11) is 1.94. The molecule has 0 aliphatic heterocycles. The molecule has 18 heavy (non-hydrogen) atoms. The van der Waals surface area contributed by atoms with E-state index < -0.39 is 0 Å². The van der Waals surface area contributed by atoms with Crippen molar-refractivity contribution >= 4 is 11.8 Å². The van der Waals surface area contributed by atoms with Crippen LogP contribution in [0, 0.1) is 20.8 Å². The number of aromatic nitrogens is 4. The fourth-order valence-electron chi connectivity index (χ4n) is 1.93. The number of aryl methyl sites for hydroxylation is 3.